The fraction of sp³-hybridized carbons (Fsp3) is 1.00. The molecule has 72 valence electrons. The molecule has 0 atom stereocenters. The monoisotopic (exact) mass is 267 g/mol. The summed E-state index contributed by atoms with van der Waals surface area (Å²) < 4.78 is 1.28. The zero-order valence-electron chi connectivity index (χ0n) is 9.03. The van der Waals surface area contributed by atoms with E-state index >= 15 is 0 Å². The van der Waals surface area contributed by atoms with Crippen molar-refractivity contribution in [2.75, 3.05) is 26.2 Å². The average molecular weight is 269 g/mol. The Labute approximate surface area is 116 Å². The molecule has 0 spiro atoms. The molecular weight excluding hydrogens is 248 g/mol. The van der Waals surface area contributed by atoms with E-state index in [4.69, 9.17) is 0 Å². The van der Waals surface area contributed by atoms with Gasteiger partial charge in [0.1, 0.15) is 0 Å². The zero-order valence-corrected chi connectivity index (χ0v) is 13.4. The third kappa shape index (κ3) is 7.16. The van der Waals surface area contributed by atoms with Crippen LogP contribution in [0.15, 0.2) is 0 Å². The molecular formula is C8H20BrClNNa. The van der Waals surface area contributed by atoms with Crippen molar-refractivity contribution in [3.8, 4) is 0 Å². The molecule has 0 aliphatic carbocycles. The second-order valence-electron chi connectivity index (χ2n) is 2.61. The van der Waals surface area contributed by atoms with Crippen molar-refractivity contribution in [2.24, 2.45) is 0 Å². The van der Waals surface area contributed by atoms with E-state index in [1.165, 1.54) is 30.7 Å². The van der Waals surface area contributed by atoms with Gasteiger partial charge in [-0.3, -0.25) is 0 Å². The molecule has 0 aromatic heterocycles. The molecule has 0 aromatic carbocycles. The van der Waals surface area contributed by atoms with Gasteiger partial charge in [0.15, 0.2) is 0 Å². The van der Waals surface area contributed by atoms with Crippen molar-refractivity contribution < 1.29 is 63.4 Å². The maximum absolute atomic E-state index is 2.27. The molecule has 0 heterocycles. The van der Waals surface area contributed by atoms with Crippen LogP contribution < -0.4 is 58.9 Å². The van der Waals surface area contributed by atoms with E-state index in [0.717, 1.165) is 0 Å². The first-order valence-electron chi connectivity index (χ1n) is 4.09. The van der Waals surface area contributed by atoms with E-state index in [1.54, 1.807) is 0 Å². The van der Waals surface area contributed by atoms with Gasteiger partial charge in [0.25, 0.3) is 0 Å². The quantitative estimate of drug-likeness (QED) is 0.351. The van der Waals surface area contributed by atoms with Crippen molar-refractivity contribution in [1.82, 2.24) is 0 Å². The summed E-state index contributed by atoms with van der Waals surface area (Å²) in [4.78, 5) is 0. The van der Waals surface area contributed by atoms with Gasteiger partial charge in [-0.25, -0.2) is 0 Å². The van der Waals surface area contributed by atoms with E-state index in [1.807, 2.05) is 0 Å². The van der Waals surface area contributed by atoms with E-state index < -0.39 is 0 Å². The second-order valence-corrected chi connectivity index (χ2v) is 2.61. The van der Waals surface area contributed by atoms with Gasteiger partial charge in [0.2, 0.25) is 0 Å². The normalized spacial score (nSPS) is 9.00. The van der Waals surface area contributed by atoms with E-state index in [9.17, 15) is 0 Å². The van der Waals surface area contributed by atoms with Crippen LogP contribution in [0, 0.1) is 0 Å². The summed E-state index contributed by atoms with van der Waals surface area (Å²) in [5.74, 6) is 0. The molecule has 0 unspecified atom stereocenters. The van der Waals surface area contributed by atoms with Crippen molar-refractivity contribution in [1.29, 1.82) is 0 Å². The summed E-state index contributed by atoms with van der Waals surface area (Å²) in [7, 11) is 0. The maximum atomic E-state index is 2.27. The molecule has 0 N–H and O–H groups in total. The minimum atomic E-state index is 0. The average Bonchev–Trinajstić information content (AvgIpc) is 1.95. The van der Waals surface area contributed by atoms with Crippen LogP contribution in [0.2, 0.25) is 0 Å². The predicted molar refractivity (Wildman–Crippen MR) is 42.4 cm³/mol. The molecule has 0 bridgehead atoms. The van der Waals surface area contributed by atoms with Gasteiger partial charge in [-0.2, -0.15) is 0 Å². The number of hydrogen-bond donors (Lipinski definition) is 0. The topological polar surface area (TPSA) is 0 Å². The first-order chi connectivity index (χ1) is 4.24. The van der Waals surface area contributed by atoms with E-state index in [-0.39, 0.29) is 58.9 Å². The summed E-state index contributed by atoms with van der Waals surface area (Å²) >= 11 is 0. The van der Waals surface area contributed by atoms with Crippen LogP contribution in [0.3, 0.4) is 0 Å². The molecule has 0 aliphatic heterocycles. The van der Waals surface area contributed by atoms with Crippen molar-refractivity contribution in [2.45, 2.75) is 27.7 Å². The molecule has 0 saturated heterocycles. The Morgan fingerprint density at radius 1 is 0.750 bits per heavy atom. The smallest absolute Gasteiger partial charge is 1.00 e. The molecule has 0 saturated carbocycles. The Hall–Kier alpha value is 1.73. The van der Waals surface area contributed by atoms with Gasteiger partial charge in [-0.05, 0) is 27.7 Å². The SMILES string of the molecule is CC[N+](CC)(CC)CC.[Br-].[Cl-].[Na+]. The summed E-state index contributed by atoms with van der Waals surface area (Å²) in [6, 6.07) is 0. The van der Waals surface area contributed by atoms with Crippen LogP contribution in [0.5, 0.6) is 0 Å². The molecule has 4 heteroatoms. The Morgan fingerprint density at radius 3 is 0.917 bits per heavy atom. The Morgan fingerprint density at radius 2 is 0.917 bits per heavy atom. The second kappa shape index (κ2) is 12.7. The van der Waals surface area contributed by atoms with E-state index in [2.05, 4.69) is 27.7 Å². The summed E-state index contributed by atoms with van der Waals surface area (Å²) in [6.45, 7) is 14.2. The third-order valence-electron chi connectivity index (χ3n) is 2.68. The number of rotatable bonds is 4. The fourth-order valence-electron chi connectivity index (χ4n) is 1.34. The Bertz CT molecular complexity index is 61.9. The standard InChI is InChI=1S/C8H20N.BrH.ClH.Na/c1-5-9(6-2,7-3)8-4;;;/h5-8H2,1-4H3;2*1H;/q+1;;;+1/p-2. The van der Waals surface area contributed by atoms with Crippen molar-refractivity contribution in [3.63, 3.8) is 0 Å². The van der Waals surface area contributed by atoms with Gasteiger partial charge in [0.05, 0.1) is 26.2 Å². The number of quaternary nitrogens is 1. The van der Waals surface area contributed by atoms with Crippen LogP contribution in [0.4, 0.5) is 0 Å². The summed E-state index contributed by atoms with van der Waals surface area (Å²) in [5, 5.41) is 0. The van der Waals surface area contributed by atoms with Gasteiger partial charge < -0.3 is 33.9 Å². The Kier molecular flexibility index (Phi) is 24.9. The van der Waals surface area contributed by atoms with Crippen molar-refractivity contribution in [3.05, 3.63) is 0 Å². The van der Waals surface area contributed by atoms with Crippen LogP contribution in [-0.4, -0.2) is 30.7 Å². The van der Waals surface area contributed by atoms with Gasteiger partial charge in [0, 0.05) is 0 Å². The zero-order chi connectivity index (χ0) is 7.33. The predicted octanol–water partition coefficient (Wildman–Crippen LogP) is -7.11. The van der Waals surface area contributed by atoms with Crippen LogP contribution >= 0.6 is 0 Å². The molecule has 0 rings (SSSR count). The van der Waals surface area contributed by atoms with Gasteiger partial charge in [-0.1, -0.05) is 0 Å². The minimum Gasteiger partial charge on any atom is -1.00 e. The molecule has 1 nitrogen and oxygen atoms in total. The first kappa shape index (κ1) is 23.5. The van der Waals surface area contributed by atoms with Crippen LogP contribution in [0.25, 0.3) is 0 Å². The first-order valence-corrected chi connectivity index (χ1v) is 4.09. The summed E-state index contributed by atoms with van der Waals surface area (Å²) in [6.07, 6.45) is 0. The minimum absolute atomic E-state index is 0. The molecule has 0 aromatic rings. The summed E-state index contributed by atoms with van der Waals surface area (Å²) in [5.41, 5.74) is 0. The largest absolute Gasteiger partial charge is 1.00 e. The van der Waals surface area contributed by atoms with Gasteiger partial charge in [-0.15, -0.1) is 0 Å². The molecule has 0 radical (unpaired) electrons. The van der Waals surface area contributed by atoms with E-state index in [0.29, 0.717) is 0 Å². The number of halogens is 2. The fourth-order valence-corrected chi connectivity index (χ4v) is 1.34. The van der Waals surface area contributed by atoms with Crippen molar-refractivity contribution >= 4 is 0 Å². The third-order valence-corrected chi connectivity index (χ3v) is 2.68. The molecule has 0 fully saturated rings. The maximum Gasteiger partial charge on any atom is 1.00 e. The van der Waals surface area contributed by atoms with Gasteiger partial charge >= 0.3 is 29.6 Å². The molecule has 0 amide bonds. The number of nitrogens with zero attached hydrogens (tertiary/aromatic N) is 1. The van der Waals surface area contributed by atoms with Crippen LogP contribution in [0.1, 0.15) is 27.7 Å². The van der Waals surface area contributed by atoms with Crippen LogP contribution in [-0.2, 0) is 0 Å². The Balaban J connectivity index is -0.000000107. The molecule has 12 heavy (non-hydrogen) atoms. The molecule has 0 aliphatic rings. The number of hydrogen-bond acceptors (Lipinski definition) is 0.